The summed E-state index contributed by atoms with van der Waals surface area (Å²) in [6.45, 7) is 0. The van der Waals surface area contributed by atoms with E-state index in [2.05, 4.69) is 39.8 Å². The quantitative estimate of drug-likeness (QED) is 0.311. The smallest absolute Gasteiger partial charge is 0.236 e. The number of thioether (sulfide) groups is 2. The maximum absolute atomic E-state index is 12.0. The molecule has 0 aliphatic heterocycles. The fraction of sp³-hybridized carbons (Fsp3) is 0.211. The molecule has 2 aromatic carbocycles. The molecule has 1 amide bonds. The number of nitrogens with one attached hydrogen (secondary N) is 1. The molecular weight excluding hydrogens is 382 g/mol. The van der Waals surface area contributed by atoms with E-state index in [0.29, 0.717) is 10.9 Å². The Kier molecular flexibility index (Phi) is 7.54. The third-order valence-electron chi connectivity index (χ3n) is 3.44. The van der Waals surface area contributed by atoms with Crippen molar-refractivity contribution < 1.29 is 4.79 Å². The van der Waals surface area contributed by atoms with Crippen molar-refractivity contribution in [2.75, 3.05) is 16.8 Å². The number of carbonyl (C=O) groups is 1. The normalized spacial score (nSPS) is 10.6. The van der Waals surface area contributed by atoms with E-state index < -0.39 is 0 Å². The van der Waals surface area contributed by atoms with Crippen molar-refractivity contribution in [3.05, 3.63) is 66.2 Å². The zero-order chi connectivity index (χ0) is 18.0. The van der Waals surface area contributed by atoms with Crippen LogP contribution in [0.2, 0.25) is 0 Å². The summed E-state index contributed by atoms with van der Waals surface area (Å²) < 4.78 is 0.893. The molecule has 0 bridgehead atoms. The van der Waals surface area contributed by atoms with Gasteiger partial charge in [-0.3, -0.25) is 10.1 Å². The SMILES string of the molecule is O=C(CSc1ccccc1)Nc1nnc(SCCCc2ccccc2)s1. The summed E-state index contributed by atoms with van der Waals surface area (Å²) in [5.41, 5.74) is 1.36. The number of benzene rings is 2. The van der Waals surface area contributed by atoms with Crippen LogP contribution in [-0.4, -0.2) is 27.6 Å². The summed E-state index contributed by atoms with van der Waals surface area (Å²) in [7, 11) is 0. The summed E-state index contributed by atoms with van der Waals surface area (Å²) in [6.07, 6.45) is 2.15. The van der Waals surface area contributed by atoms with Crippen molar-refractivity contribution in [1.82, 2.24) is 10.2 Å². The molecule has 1 heterocycles. The zero-order valence-electron chi connectivity index (χ0n) is 14.1. The van der Waals surface area contributed by atoms with Crippen LogP contribution in [0.15, 0.2) is 69.9 Å². The van der Waals surface area contributed by atoms with Gasteiger partial charge in [0.25, 0.3) is 0 Å². The molecule has 0 aliphatic carbocycles. The minimum atomic E-state index is -0.0596. The standard InChI is InChI=1S/C19H19N3OS3/c23-17(14-25-16-11-5-2-6-12-16)20-18-21-22-19(26-18)24-13-7-10-15-8-3-1-4-9-15/h1-6,8-9,11-12H,7,10,13-14H2,(H,20,21,23). The molecule has 0 unspecified atom stereocenters. The molecule has 0 atom stereocenters. The topological polar surface area (TPSA) is 54.9 Å². The van der Waals surface area contributed by atoms with Gasteiger partial charge in [0, 0.05) is 10.6 Å². The highest BCUT2D eigenvalue weighted by Gasteiger charge is 2.09. The maximum Gasteiger partial charge on any atom is 0.236 e. The summed E-state index contributed by atoms with van der Waals surface area (Å²) in [4.78, 5) is 13.1. The number of nitrogens with zero attached hydrogens (tertiary/aromatic N) is 2. The summed E-state index contributed by atoms with van der Waals surface area (Å²) in [5, 5.41) is 11.6. The Morgan fingerprint density at radius 3 is 2.46 bits per heavy atom. The Morgan fingerprint density at radius 2 is 1.69 bits per heavy atom. The minimum absolute atomic E-state index is 0.0596. The van der Waals surface area contributed by atoms with Gasteiger partial charge in [0.1, 0.15) is 0 Å². The van der Waals surface area contributed by atoms with Crippen LogP contribution < -0.4 is 5.32 Å². The molecule has 134 valence electrons. The Hall–Kier alpha value is -1.83. The van der Waals surface area contributed by atoms with Gasteiger partial charge >= 0.3 is 0 Å². The van der Waals surface area contributed by atoms with Crippen LogP contribution in [0.1, 0.15) is 12.0 Å². The molecule has 3 aromatic rings. The van der Waals surface area contributed by atoms with Crippen molar-refractivity contribution in [2.24, 2.45) is 0 Å². The number of aromatic nitrogens is 2. The maximum atomic E-state index is 12.0. The Labute approximate surface area is 165 Å². The largest absolute Gasteiger partial charge is 0.300 e. The summed E-state index contributed by atoms with van der Waals surface area (Å²) >= 11 is 4.62. The minimum Gasteiger partial charge on any atom is -0.300 e. The molecule has 0 saturated heterocycles. The molecular formula is C19H19N3OS3. The molecule has 1 N–H and O–H groups in total. The van der Waals surface area contributed by atoms with E-state index >= 15 is 0 Å². The van der Waals surface area contributed by atoms with E-state index in [1.165, 1.54) is 28.7 Å². The number of anilines is 1. The number of hydrogen-bond donors (Lipinski definition) is 1. The predicted molar refractivity (Wildman–Crippen MR) is 111 cm³/mol. The third kappa shape index (κ3) is 6.48. The molecule has 0 aliphatic rings. The second kappa shape index (κ2) is 10.4. The van der Waals surface area contributed by atoms with Gasteiger partial charge in [-0.15, -0.1) is 22.0 Å². The number of rotatable bonds is 9. The fourth-order valence-electron chi connectivity index (χ4n) is 2.22. The molecule has 1 aromatic heterocycles. The van der Waals surface area contributed by atoms with Gasteiger partial charge in [0.2, 0.25) is 11.0 Å². The highest BCUT2D eigenvalue weighted by atomic mass is 32.2. The van der Waals surface area contributed by atoms with Crippen molar-refractivity contribution >= 4 is 45.9 Å². The molecule has 4 nitrogen and oxygen atoms in total. The van der Waals surface area contributed by atoms with Gasteiger partial charge in [0.15, 0.2) is 4.34 Å². The molecule has 26 heavy (non-hydrogen) atoms. The number of amides is 1. The molecule has 3 rings (SSSR count). The molecule has 0 saturated carbocycles. The number of carbonyl (C=O) groups excluding carboxylic acids is 1. The highest BCUT2D eigenvalue weighted by Crippen LogP contribution is 2.26. The van der Waals surface area contributed by atoms with E-state index in [0.717, 1.165) is 27.8 Å². The van der Waals surface area contributed by atoms with Gasteiger partial charge < -0.3 is 0 Å². The molecule has 0 radical (unpaired) electrons. The van der Waals surface area contributed by atoms with E-state index in [1.807, 2.05) is 36.4 Å². The van der Waals surface area contributed by atoms with Crippen LogP contribution >= 0.6 is 34.9 Å². The second-order valence-corrected chi connectivity index (χ2v) is 8.83. The molecule has 7 heteroatoms. The van der Waals surface area contributed by atoms with E-state index in [4.69, 9.17) is 0 Å². The van der Waals surface area contributed by atoms with Crippen LogP contribution in [0.3, 0.4) is 0 Å². The first-order valence-electron chi connectivity index (χ1n) is 8.27. The van der Waals surface area contributed by atoms with Crippen molar-refractivity contribution in [1.29, 1.82) is 0 Å². The fourth-order valence-corrected chi connectivity index (χ4v) is 4.72. The van der Waals surface area contributed by atoms with Crippen LogP contribution in [0, 0.1) is 0 Å². The zero-order valence-corrected chi connectivity index (χ0v) is 16.6. The van der Waals surface area contributed by atoms with Gasteiger partial charge in [-0.1, -0.05) is 71.6 Å². The van der Waals surface area contributed by atoms with Crippen molar-refractivity contribution in [3.8, 4) is 0 Å². The van der Waals surface area contributed by atoms with E-state index in [-0.39, 0.29) is 5.91 Å². The molecule has 0 spiro atoms. The Bertz CT molecular complexity index is 809. The lowest BCUT2D eigenvalue weighted by atomic mass is 10.1. The van der Waals surface area contributed by atoms with Crippen LogP contribution in [0.5, 0.6) is 0 Å². The van der Waals surface area contributed by atoms with E-state index in [9.17, 15) is 4.79 Å². The number of hydrogen-bond acceptors (Lipinski definition) is 6. The number of aryl methyl sites for hydroxylation is 1. The van der Waals surface area contributed by atoms with Gasteiger partial charge in [-0.25, -0.2) is 0 Å². The van der Waals surface area contributed by atoms with Gasteiger partial charge in [-0.2, -0.15) is 0 Å². The Balaban J connectivity index is 1.36. The van der Waals surface area contributed by atoms with Gasteiger partial charge in [0.05, 0.1) is 5.75 Å². The van der Waals surface area contributed by atoms with Crippen LogP contribution in [-0.2, 0) is 11.2 Å². The lowest BCUT2D eigenvalue weighted by molar-refractivity contribution is -0.113. The average molecular weight is 402 g/mol. The highest BCUT2D eigenvalue weighted by molar-refractivity contribution is 8.01. The molecule has 0 fully saturated rings. The van der Waals surface area contributed by atoms with Crippen molar-refractivity contribution in [2.45, 2.75) is 22.1 Å². The summed E-state index contributed by atoms with van der Waals surface area (Å²) in [6, 6.07) is 20.3. The van der Waals surface area contributed by atoms with Gasteiger partial charge in [-0.05, 0) is 30.5 Å². The van der Waals surface area contributed by atoms with Crippen LogP contribution in [0.4, 0.5) is 5.13 Å². The van der Waals surface area contributed by atoms with Crippen molar-refractivity contribution in [3.63, 3.8) is 0 Å². The lowest BCUT2D eigenvalue weighted by Crippen LogP contribution is -2.13. The second-order valence-electron chi connectivity index (χ2n) is 5.46. The first-order chi connectivity index (χ1) is 12.8. The first-order valence-corrected chi connectivity index (χ1v) is 11.1. The Morgan fingerprint density at radius 1 is 0.962 bits per heavy atom. The van der Waals surface area contributed by atoms with E-state index in [1.54, 1.807) is 11.8 Å². The average Bonchev–Trinajstić information content (AvgIpc) is 3.12. The summed E-state index contributed by atoms with van der Waals surface area (Å²) in [5.74, 6) is 1.29. The third-order valence-corrected chi connectivity index (χ3v) is 6.51. The first kappa shape index (κ1) is 18.9. The lowest BCUT2D eigenvalue weighted by Gasteiger charge is -2.01. The monoisotopic (exact) mass is 401 g/mol. The van der Waals surface area contributed by atoms with Crippen LogP contribution in [0.25, 0.3) is 0 Å². The predicted octanol–water partition coefficient (Wildman–Crippen LogP) is 4.99.